The lowest BCUT2D eigenvalue weighted by molar-refractivity contribution is -0.128. The molecule has 1 aromatic carbocycles. The number of anilines is 1. The Kier molecular flexibility index (Phi) is 6.16. The van der Waals surface area contributed by atoms with E-state index in [2.05, 4.69) is 25.4 Å². The molecule has 1 spiro atoms. The molecule has 6 rings (SSSR count). The molecule has 1 unspecified atom stereocenters. The van der Waals surface area contributed by atoms with Crippen LogP contribution in [0, 0.1) is 5.41 Å². The SMILES string of the molecule is CC(Oc1ccc2[nH]nc(-c3ccc(N4CCC5(CCNC5=O)CC4)nc3)c2c1)c1c(Cl)cncc1Cl. The second-order valence-electron chi connectivity index (χ2n) is 9.73. The van der Waals surface area contributed by atoms with Gasteiger partial charge in [-0.15, -0.1) is 0 Å². The van der Waals surface area contributed by atoms with Crippen molar-refractivity contribution in [2.75, 3.05) is 24.5 Å². The molecule has 10 heteroatoms. The van der Waals surface area contributed by atoms with Gasteiger partial charge in [-0.1, -0.05) is 23.2 Å². The van der Waals surface area contributed by atoms with Gasteiger partial charge in [-0.25, -0.2) is 4.98 Å². The number of ether oxygens (including phenoxy) is 1. The van der Waals surface area contributed by atoms with Gasteiger partial charge in [0.1, 0.15) is 23.4 Å². The standard InChI is InChI=1S/C27H26Cl2N6O2/c1-16(24-20(28)14-30-15-21(24)29)37-18-3-4-22-19(12-18)25(34-33-22)17-2-5-23(32-13-17)35-10-7-27(8-11-35)6-9-31-26(27)36/h2-5,12-16H,6-11H2,1H3,(H,31,36)(H,33,34). The average Bonchev–Trinajstić information content (AvgIpc) is 3.48. The fraction of sp³-hybridized carbons (Fsp3) is 0.333. The van der Waals surface area contributed by atoms with E-state index >= 15 is 0 Å². The van der Waals surface area contributed by atoms with E-state index in [-0.39, 0.29) is 17.4 Å². The third kappa shape index (κ3) is 4.38. The summed E-state index contributed by atoms with van der Waals surface area (Å²) in [5.41, 5.74) is 3.12. The summed E-state index contributed by atoms with van der Waals surface area (Å²) in [5, 5.41) is 12.5. The summed E-state index contributed by atoms with van der Waals surface area (Å²) >= 11 is 12.6. The third-order valence-corrected chi connectivity index (χ3v) is 8.18. The Balaban J connectivity index is 1.20. The van der Waals surface area contributed by atoms with Gasteiger partial charge in [0.25, 0.3) is 0 Å². The number of nitrogens with zero attached hydrogens (tertiary/aromatic N) is 4. The number of aromatic nitrogens is 4. The van der Waals surface area contributed by atoms with Crippen LogP contribution in [0.4, 0.5) is 5.82 Å². The van der Waals surface area contributed by atoms with Crippen LogP contribution in [0.25, 0.3) is 22.2 Å². The first kappa shape index (κ1) is 24.0. The molecule has 8 nitrogen and oxygen atoms in total. The topological polar surface area (TPSA) is 96.0 Å². The molecule has 0 bridgehead atoms. The maximum Gasteiger partial charge on any atom is 0.226 e. The molecular weight excluding hydrogens is 511 g/mol. The van der Waals surface area contributed by atoms with E-state index in [1.54, 1.807) is 12.4 Å². The largest absolute Gasteiger partial charge is 0.486 e. The van der Waals surface area contributed by atoms with E-state index in [1.807, 2.05) is 43.5 Å². The lowest BCUT2D eigenvalue weighted by Crippen LogP contribution is -2.44. The highest BCUT2D eigenvalue weighted by Crippen LogP contribution is 2.39. The van der Waals surface area contributed by atoms with Crippen LogP contribution in [0.3, 0.4) is 0 Å². The number of carbonyl (C=O) groups excluding carboxylic acids is 1. The van der Waals surface area contributed by atoms with E-state index in [0.717, 1.165) is 66.9 Å². The Morgan fingerprint density at radius 3 is 2.51 bits per heavy atom. The van der Waals surface area contributed by atoms with E-state index in [0.29, 0.717) is 21.4 Å². The lowest BCUT2D eigenvalue weighted by atomic mass is 9.77. The Bertz CT molecular complexity index is 1440. The number of carbonyl (C=O) groups is 1. The maximum atomic E-state index is 12.3. The fourth-order valence-corrected chi connectivity index (χ4v) is 6.10. The van der Waals surface area contributed by atoms with Gasteiger partial charge in [-0.2, -0.15) is 5.10 Å². The molecule has 0 aliphatic carbocycles. The monoisotopic (exact) mass is 536 g/mol. The van der Waals surface area contributed by atoms with Crippen LogP contribution in [0.1, 0.15) is 37.9 Å². The maximum absolute atomic E-state index is 12.3. The highest BCUT2D eigenvalue weighted by atomic mass is 35.5. The van der Waals surface area contributed by atoms with Gasteiger partial charge in [-0.3, -0.25) is 14.9 Å². The number of hydrogen-bond acceptors (Lipinski definition) is 6. The van der Waals surface area contributed by atoms with Crippen LogP contribution in [0.2, 0.25) is 10.0 Å². The number of piperidine rings is 1. The summed E-state index contributed by atoms with van der Waals surface area (Å²) in [5.74, 6) is 1.81. The molecule has 2 aliphatic heterocycles. The van der Waals surface area contributed by atoms with Crippen molar-refractivity contribution in [3.05, 3.63) is 64.5 Å². The number of H-pyrrole nitrogens is 1. The van der Waals surface area contributed by atoms with Crippen LogP contribution in [-0.4, -0.2) is 45.7 Å². The van der Waals surface area contributed by atoms with Crippen molar-refractivity contribution < 1.29 is 9.53 Å². The Labute approximate surface area is 224 Å². The van der Waals surface area contributed by atoms with Crippen molar-refractivity contribution in [2.45, 2.75) is 32.3 Å². The van der Waals surface area contributed by atoms with E-state index < -0.39 is 0 Å². The molecular formula is C27H26Cl2N6O2. The summed E-state index contributed by atoms with van der Waals surface area (Å²) in [4.78, 5) is 23.3. The average molecular weight is 537 g/mol. The molecule has 2 aliphatic rings. The molecule has 2 fully saturated rings. The smallest absolute Gasteiger partial charge is 0.226 e. The molecule has 190 valence electrons. The summed E-state index contributed by atoms with van der Waals surface area (Å²) in [6, 6.07) is 9.85. The molecule has 1 atom stereocenters. The number of amides is 1. The molecule has 0 radical (unpaired) electrons. The van der Waals surface area contributed by atoms with Crippen LogP contribution in [-0.2, 0) is 4.79 Å². The molecule has 37 heavy (non-hydrogen) atoms. The van der Waals surface area contributed by atoms with Gasteiger partial charge in [0, 0.05) is 54.7 Å². The van der Waals surface area contributed by atoms with Crippen molar-refractivity contribution in [2.24, 2.45) is 5.41 Å². The zero-order valence-electron chi connectivity index (χ0n) is 20.3. The van der Waals surface area contributed by atoms with Gasteiger partial charge in [-0.05, 0) is 56.5 Å². The highest BCUT2D eigenvalue weighted by molar-refractivity contribution is 6.35. The summed E-state index contributed by atoms with van der Waals surface area (Å²) in [6.07, 6.45) is 7.27. The van der Waals surface area contributed by atoms with E-state index in [9.17, 15) is 4.79 Å². The number of pyridine rings is 2. The molecule has 0 saturated carbocycles. The number of benzene rings is 1. The van der Waals surface area contributed by atoms with Gasteiger partial charge in [0.15, 0.2) is 0 Å². The lowest BCUT2D eigenvalue weighted by Gasteiger charge is -2.37. The van der Waals surface area contributed by atoms with Crippen molar-refractivity contribution in [1.29, 1.82) is 0 Å². The second kappa shape index (κ2) is 9.50. The first-order valence-electron chi connectivity index (χ1n) is 12.4. The molecule has 1 amide bonds. The van der Waals surface area contributed by atoms with Gasteiger partial charge < -0.3 is 15.0 Å². The Morgan fingerprint density at radius 1 is 1.05 bits per heavy atom. The fourth-order valence-electron chi connectivity index (χ4n) is 5.43. The van der Waals surface area contributed by atoms with Crippen molar-refractivity contribution in [3.63, 3.8) is 0 Å². The van der Waals surface area contributed by atoms with Gasteiger partial charge in [0.2, 0.25) is 5.91 Å². The summed E-state index contributed by atoms with van der Waals surface area (Å²) in [7, 11) is 0. The molecule has 2 saturated heterocycles. The van der Waals surface area contributed by atoms with Crippen LogP contribution in [0.5, 0.6) is 5.75 Å². The molecule has 5 heterocycles. The summed E-state index contributed by atoms with van der Waals surface area (Å²) < 4.78 is 6.19. The number of nitrogens with one attached hydrogen (secondary N) is 2. The van der Waals surface area contributed by atoms with Crippen LogP contribution >= 0.6 is 23.2 Å². The first-order chi connectivity index (χ1) is 17.9. The Hall–Kier alpha value is -3.36. The second-order valence-corrected chi connectivity index (χ2v) is 10.5. The van der Waals surface area contributed by atoms with Crippen molar-refractivity contribution in [1.82, 2.24) is 25.5 Å². The van der Waals surface area contributed by atoms with Crippen molar-refractivity contribution >= 4 is 45.8 Å². The molecule has 2 N–H and O–H groups in total. The number of fused-ring (bicyclic) bond motifs is 1. The Morgan fingerprint density at radius 2 is 1.84 bits per heavy atom. The van der Waals surface area contributed by atoms with Crippen LogP contribution < -0.4 is 15.0 Å². The predicted octanol–water partition coefficient (Wildman–Crippen LogP) is 5.57. The number of hydrogen-bond donors (Lipinski definition) is 2. The zero-order chi connectivity index (χ0) is 25.6. The minimum absolute atomic E-state index is 0.185. The normalized spacial score (nSPS) is 17.8. The minimum Gasteiger partial charge on any atom is -0.486 e. The van der Waals surface area contributed by atoms with E-state index in [1.165, 1.54) is 0 Å². The number of rotatable bonds is 5. The third-order valence-electron chi connectivity index (χ3n) is 7.58. The summed E-state index contributed by atoms with van der Waals surface area (Å²) in [6.45, 7) is 4.35. The number of halogens is 2. The van der Waals surface area contributed by atoms with Gasteiger partial charge in [0.05, 0.1) is 21.0 Å². The first-order valence-corrected chi connectivity index (χ1v) is 13.1. The van der Waals surface area contributed by atoms with Crippen molar-refractivity contribution in [3.8, 4) is 17.0 Å². The van der Waals surface area contributed by atoms with E-state index in [4.69, 9.17) is 32.9 Å². The molecule has 3 aromatic heterocycles. The predicted molar refractivity (Wildman–Crippen MR) is 144 cm³/mol. The zero-order valence-corrected chi connectivity index (χ0v) is 21.8. The molecule has 4 aromatic rings. The van der Waals surface area contributed by atoms with Gasteiger partial charge >= 0.3 is 0 Å². The van der Waals surface area contributed by atoms with Crippen LogP contribution in [0.15, 0.2) is 48.9 Å². The minimum atomic E-state index is -0.365. The highest BCUT2D eigenvalue weighted by Gasteiger charge is 2.44. The quantitative estimate of drug-likeness (QED) is 0.346. The number of aromatic amines is 1.